The third kappa shape index (κ3) is 50.5. The van der Waals surface area contributed by atoms with Gasteiger partial charge < -0.3 is 10.2 Å². The molecule has 0 bridgehead atoms. The van der Waals surface area contributed by atoms with Crippen LogP contribution in [0.25, 0.3) is 11.1 Å². The molecule has 2 aromatic rings. The number of carboxylic acids is 2. The molecule has 2 rings (SSSR count). The van der Waals surface area contributed by atoms with Crippen LogP contribution in [0.5, 0.6) is 0 Å². The van der Waals surface area contributed by atoms with Gasteiger partial charge in [-0.25, -0.2) is 0 Å². The maximum absolute atomic E-state index is 10.4. The van der Waals surface area contributed by atoms with E-state index in [9.17, 15) is 9.59 Å². The average molecular weight is 905 g/mol. The van der Waals surface area contributed by atoms with Crippen LogP contribution in [-0.2, 0) is 9.59 Å². The van der Waals surface area contributed by atoms with Gasteiger partial charge in [0, 0.05) is 63.3 Å². The van der Waals surface area contributed by atoms with Gasteiger partial charge in [0.15, 0.2) is 0 Å². The van der Waals surface area contributed by atoms with Crippen molar-refractivity contribution in [2.45, 2.75) is 258 Å². The van der Waals surface area contributed by atoms with E-state index >= 15 is 0 Å². The summed E-state index contributed by atoms with van der Waals surface area (Å²) in [6, 6.07) is 7.93. The van der Waals surface area contributed by atoms with Gasteiger partial charge in [0.1, 0.15) is 0 Å². The SMILES string of the molecule is CCCCCCCCCCCCC#CC#CCCCCCCCCC(=O)O.CCCCCCCCCCCCC#CC#CCCCCCCCCC(=O)O.c1cc(-c2ccncc2)ccn1. The Morgan fingerprint density at radius 2 is 0.561 bits per heavy atom. The maximum Gasteiger partial charge on any atom is 0.303 e. The Balaban J connectivity index is 0.00000102. The lowest BCUT2D eigenvalue weighted by Gasteiger charge is -2.00. The molecule has 0 amide bonds. The molecule has 0 aliphatic rings. The second-order valence-corrected chi connectivity index (χ2v) is 17.6. The van der Waals surface area contributed by atoms with Crippen molar-refractivity contribution in [3.63, 3.8) is 0 Å². The van der Waals surface area contributed by atoms with Crippen LogP contribution in [0.15, 0.2) is 49.1 Å². The van der Waals surface area contributed by atoms with Crippen LogP contribution < -0.4 is 0 Å². The minimum atomic E-state index is -0.681. The van der Waals surface area contributed by atoms with Gasteiger partial charge in [0.25, 0.3) is 0 Å². The molecule has 0 aliphatic heterocycles. The molecule has 366 valence electrons. The van der Waals surface area contributed by atoms with E-state index in [0.29, 0.717) is 12.8 Å². The predicted molar refractivity (Wildman–Crippen MR) is 281 cm³/mol. The molecule has 0 saturated heterocycles. The molecule has 0 atom stereocenters. The summed E-state index contributed by atoms with van der Waals surface area (Å²) in [5.74, 6) is 23.2. The van der Waals surface area contributed by atoms with Crippen molar-refractivity contribution in [3.8, 4) is 58.5 Å². The molecule has 0 saturated carbocycles. The molecule has 0 aromatic carbocycles. The summed E-state index contributed by atoms with van der Waals surface area (Å²) in [4.78, 5) is 28.7. The number of nitrogens with zero attached hydrogens (tertiary/aromatic N) is 2. The van der Waals surface area contributed by atoms with Crippen molar-refractivity contribution in [1.82, 2.24) is 9.97 Å². The number of hydrogen-bond acceptors (Lipinski definition) is 4. The number of carbonyl (C=O) groups is 2. The highest BCUT2D eigenvalue weighted by Crippen LogP contribution is 2.16. The molecule has 0 aliphatic carbocycles. The molecule has 66 heavy (non-hydrogen) atoms. The molecular weight excluding hydrogens is 813 g/mol. The summed E-state index contributed by atoms with van der Waals surface area (Å²) in [5.41, 5.74) is 2.35. The average Bonchev–Trinajstić information content (AvgIpc) is 3.33. The lowest BCUT2D eigenvalue weighted by molar-refractivity contribution is -0.138. The molecule has 0 fully saturated rings. The molecule has 0 radical (unpaired) electrons. The normalized spacial score (nSPS) is 9.91. The summed E-state index contributed by atoms with van der Waals surface area (Å²) in [6.45, 7) is 4.54. The molecule has 6 nitrogen and oxygen atoms in total. The number of carboxylic acid groups (broad SMARTS) is 2. The number of rotatable bonds is 37. The Hall–Kier alpha value is -4.52. The van der Waals surface area contributed by atoms with Gasteiger partial charge in [0.05, 0.1) is 0 Å². The van der Waals surface area contributed by atoms with Crippen molar-refractivity contribution < 1.29 is 19.8 Å². The van der Waals surface area contributed by atoms with Crippen LogP contribution >= 0.6 is 0 Å². The minimum absolute atomic E-state index is 0.309. The van der Waals surface area contributed by atoms with E-state index < -0.39 is 11.9 Å². The maximum atomic E-state index is 10.4. The van der Waals surface area contributed by atoms with E-state index in [2.05, 4.69) is 71.2 Å². The van der Waals surface area contributed by atoms with Gasteiger partial charge in [-0.2, -0.15) is 0 Å². The first-order chi connectivity index (χ1) is 32.5. The summed E-state index contributed by atoms with van der Waals surface area (Å²) in [7, 11) is 0. The van der Waals surface area contributed by atoms with Gasteiger partial charge in [-0.05, 0) is 97.6 Å². The Morgan fingerprint density at radius 1 is 0.348 bits per heavy atom. The first-order valence-electron chi connectivity index (χ1n) is 26.7. The molecule has 2 heterocycles. The molecular formula is C60H92N2O4. The van der Waals surface area contributed by atoms with Crippen LogP contribution in [-0.4, -0.2) is 32.1 Å². The summed E-state index contributed by atoms with van der Waals surface area (Å²) in [5, 5.41) is 17.1. The second kappa shape index (κ2) is 53.1. The lowest BCUT2D eigenvalue weighted by atomic mass is 10.1. The van der Waals surface area contributed by atoms with E-state index in [1.165, 1.54) is 165 Å². The van der Waals surface area contributed by atoms with Gasteiger partial charge >= 0.3 is 11.9 Å². The first kappa shape index (κ1) is 61.5. The van der Waals surface area contributed by atoms with Crippen LogP contribution in [0.4, 0.5) is 0 Å². The highest BCUT2D eigenvalue weighted by atomic mass is 16.4. The van der Waals surface area contributed by atoms with E-state index in [-0.39, 0.29) is 0 Å². The van der Waals surface area contributed by atoms with Gasteiger partial charge in [-0.3, -0.25) is 19.6 Å². The van der Waals surface area contributed by atoms with Crippen molar-refractivity contribution in [3.05, 3.63) is 49.1 Å². The summed E-state index contributed by atoms with van der Waals surface area (Å²) in [6.07, 6.45) is 51.9. The predicted octanol–water partition coefficient (Wildman–Crippen LogP) is 17.2. The fourth-order valence-corrected chi connectivity index (χ4v) is 7.31. The standard InChI is InChI=1S/2C25H42O2.C10H8N2/c2*1-2-3-4-5-6-7-8-9-10-11-12-13-14-15-16-17-18-19-20-21-22-23-24-25(26)27;1-5-11-6-2-9(1)10-3-7-12-8-4-10/h2*2-12,17-24H2,1H3,(H,26,27);1-8H. The summed E-state index contributed by atoms with van der Waals surface area (Å²) >= 11 is 0. The first-order valence-corrected chi connectivity index (χ1v) is 26.7. The number of aromatic nitrogens is 2. The molecule has 0 unspecified atom stereocenters. The van der Waals surface area contributed by atoms with Crippen molar-refractivity contribution in [1.29, 1.82) is 0 Å². The Labute approximate surface area is 405 Å². The van der Waals surface area contributed by atoms with E-state index in [0.717, 1.165) is 77.0 Å². The molecule has 2 N–H and O–H groups in total. The number of unbranched alkanes of at least 4 members (excludes halogenated alkanes) is 32. The number of hydrogen-bond donors (Lipinski definition) is 2. The van der Waals surface area contributed by atoms with Crippen molar-refractivity contribution in [2.24, 2.45) is 0 Å². The smallest absolute Gasteiger partial charge is 0.303 e. The Kier molecular flexibility index (Phi) is 49.5. The topological polar surface area (TPSA) is 100 Å². The Morgan fingerprint density at radius 3 is 0.788 bits per heavy atom. The lowest BCUT2D eigenvalue weighted by Crippen LogP contribution is -1.93. The van der Waals surface area contributed by atoms with Crippen LogP contribution in [0.1, 0.15) is 258 Å². The zero-order chi connectivity index (χ0) is 47.9. The number of pyridine rings is 2. The third-order valence-electron chi connectivity index (χ3n) is 11.4. The third-order valence-corrected chi connectivity index (χ3v) is 11.4. The minimum Gasteiger partial charge on any atom is -0.481 e. The molecule has 0 spiro atoms. The molecule has 2 aromatic heterocycles. The van der Waals surface area contributed by atoms with Crippen LogP contribution in [0.3, 0.4) is 0 Å². The van der Waals surface area contributed by atoms with E-state index in [1.807, 2.05) is 24.3 Å². The largest absolute Gasteiger partial charge is 0.481 e. The van der Waals surface area contributed by atoms with Crippen LogP contribution in [0, 0.1) is 47.4 Å². The Bertz CT molecular complexity index is 1500. The van der Waals surface area contributed by atoms with Crippen molar-refractivity contribution >= 4 is 11.9 Å². The van der Waals surface area contributed by atoms with Crippen molar-refractivity contribution in [2.75, 3.05) is 0 Å². The zero-order valence-electron chi connectivity index (χ0n) is 42.1. The fourth-order valence-electron chi connectivity index (χ4n) is 7.31. The quantitative estimate of drug-likeness (QED) is 0.0517. The highest BCUT2D eigenvalue weighted by molar-refractivity contribution is 5.66. The second-order valence-electron chi connectivity index (χ2n) is 17.6. The molecule has 6 heteroatoms. The van der Waals surface area contributed by atoms with Gasteiger partial charge in [-0.15, -0.1) is 0 Å². The van der Waals surface area contributed by atoms with E-state index in [1.54, 1.807) is 24.8 Å². The fraction of sp³-hybridized carbons (Fsp3) is 0.667. The zero-order valence-corrected chi connectivity index (χ0v) is 42.1. The summed E-state index contributed by atoms with van der Waals surface area (Å²) < 4.78 is 0. The highest BCUT2D eigenvalue weighted by Gasteiger charge is 1.98. The van der Waals surface area contributed by atoms with E-state index in [4.69, 9.17) is 10.2 Å². The number of aliphatic carboxylic acids is 2. The monoisotopic (exact) mass is 905 g/mol. The van der Waals surface area contributed by atoms with Gasteiger partial charge in [0.2, 0.25) is 0 Å². The van der Waals surface area contributed by atoms with Gasteiger partial charge in [-0.1, -0.05) is 204 Å². The van der Waals surface area contributed by atoms with Crippen LogP contribution in [0.2, 0.25) is 0 Å².